The maximum Gasteiger partial charge on any atom is 0.330 e. The summed E-state index contributed by atoms with van der Waals surface area (Å²) in [4.78, 5) is 22.7. The van der Waals surface area contributed by atoms with Crippen LogP contribution in [0, 0.1) is 0 Å². The largest absolute Gasteiger partial charge is 0.451 e. The molecule has 1 rings (SSSR count). The Morgan fingerprint density at radius 3 is 2.44 bits per heavy atom. The van der Waals surface area contributed by atoms with Gasteiger partial charge in [-0.3, -0.25) is 4.79 Å². The fourth-order valence-corrected chi connectivity index (χ4v) is 1.25. The number of ketones is 1. The third-order valence-electron chi connectivity index (χ3n) is 1.96. The predicted octanol–water partition coefficient (Wildman–Crippen LogP) is 2.64. The van der Waals surface area contributed by atoms with Gasteiger partial charge in [-0.15, -0.1) is 0 Å². The smallest absolute Gasteiger partial charge is 0.330 e. The Bertz CT molecular complexity index is 409. The van der Waals surface area contributed by atoms with Crippen molar-refractivity contribution in [3.63, 3.8) is 0 Å². The van der Waals surface area contributed by atoms with Gasteiger partial charge in [-0.1, -0.05) is 18.2 Å². The zero-order chi connectivity index (χ0) is 12.1. The second-order valence-corrected chi connectivity index (χ2v) is 3.59. The molecule has 1 aromatic carbocycles. The first-order valence-electron chi connectivity index (χ1n) is 4.67. The van der Waals surface area contributed by atoms with E-state index in [9.17, 15) is 9.59 Å². The van der Waals surface area contributed by atoms with Crippen LogP contribution in [0.4, 0.5) is 0 Å². The molecule has 0 radical (unpaired) electrons. The van der Waals surface area contributed by atoms with E-state index in [1.165, 1.54) is 6.92 Å². The molecule has 0 aliphatic heterocycles. The number of Topliss-reactive ketones (excluding diaryl/α,β-unsaturated/α-hetero) is 1. The molecule has 84 valence electrons. The minimum atomic E-state index is -0.827. The lowest BCUT2D eigenvalue weighted by Crippen LogP contribution is -2.23. The minimum absolute atomic E-state index is 0.271. The van der Waals surface area contributed by atoms with E-state index in [2.05, 4.69) is 6.58 Å². The monoisotopic (exact) mass is 238 g/mol. The van der Waals surface area contributed by atoms with Crippen LogP contribution in [-0.2, 0) is 9.53 Å². The molecule has 0 amide bonds. The molecule has 1 aromatic rings. The second kappa shape index (κ2) is 5.47. The summed E-state index contributed by atoms with van der Waals surface area (Å²) in [5.74, 6) is -0.887. The lowest BCUT2D eigenvalue weighted by molar-refractivity contribution is -0.140. The van der Waals surface area contributed by atoms with Gasteiger partial charge < -0.3 is 4.74 Å². The topological polar surface area (TPSA) is 43.4 Å². The summed E-state index contributed by atoms with van der Waals surface area (Å²) >= 11 is 5.69. The standard InChI is InChI=1S/C12H11ClO3/c1-3-11(14)16-8(2)12(15)9-4-6-10(13)7-5-9/h3-8H,1H2,2H3. The Labute approximate surface area is 98.7 Å². The quantitative estimate of drug-likeness (QED) is 0.460. The Hall–Kier alpha value is -1.61. The van der Waals surface area contributed by atoms with Crippen LogP contribution in [0.2, 0.25) is 5.02 Å². The van der Waals surface area contributed by atoms with E-state index in [0.29, 0.717) is 10.6 Å². The van der Waals surface area contributed by atoms with Crippen molar-refractivity contribution >= 4 is 23.4 Å². The first kappa shape index (κ1) is 12.5. The van der Waals surface area contributed by atoms with Crippen molar-refractivity contribution in [2.75, 3.05) is 0 Å². The number of halogens is 1. The van der Waals surface area contributed by atoms with Gasteiger partial charge in [-0.25, -0.2) is 4.79 Å². The summed E-state index contributed by atoms with van der Waals surface area (Å²) in [6, 6.07) is 6.39. The van der Waals surface area contributed by atoms with Crippen molar-refractivity contribution in [2.24, 2.45) is 0 Å². The molecule has 0 aliphatic rings. The van der Waals surface area contributed by atoms with Crippen LogP contribution in [0.3, 0.4) is 0 Å². The molecule has 0 N–H and O–H groups in total. The Morgan fingerprint density at radius 2 is 1.94 bits per heavy atom. The van der Waals surface area contributed by atoms with Crippen LogP contribution in [0.15, 0.2) is 36.9 Å². The molecule has 3 nitrogen and oxygen atoms in total. The third kappa shape index (κ3) is 3.21. The highest BCUT2D eigenvalue weighted by Gasteiger charge is 2.17. The average molecular weight is 239 g/mol. The van der Waals surface area contributed by atoms with Gasteiger partial charge in [0.1, 0.15) is 0 Å². The lowest BCUT2D eigenvalue weighted by Gasteiger charge is -2.10. The molecule has 0 aliphatic carbocycles. The molecule has 0 heterocycles. The van der Waals surface area contributed by atoms with Gasteiger partial charge in [0.05, 0.1) is 0 Å². The van der Waals surface area contributed by atoms with E-state index >= 15 is 0 Å². The molecule has 1 unspecified atom stereocenters. The van der Waals surface area contributed by atoms with Crippen LogP contribution in [0.1, 0.15) is 17.3 Å². The molecule has 0 fully saturated rings. The first-order valence-corrected chi connectivity index (χ1v) is 5.05. The molecule has 16 heavy (non-hydrogen) atoms. The van der Waals surface area contributed by atoms with Gasteiger partial charge >= 0.3 is 5.97 Å². The van der Waals surface area contributed by atoms with Gasteiger partial charge in [-0.2, -0.15) is 0 Å². The van der Waals surface area contributed by atoms with Gasteiger partial charge in [0.15, 0.2) is 6.10 Å². The van der Waals surface area contributed by atoms with Crippen molar-refractivity contribution in [1.29, 1.82) is 0 Å². The van der Waals surface area contributed by atoms with Crippen molar-refractivity contribution in [1.82, 2.24) is 0 Å². The first-order chi connectivity index (χ1) is 7.54. The number of benzene rings is 1. The highest BCUT2D eigenvalue weighted by molar-refractivity contribution is 6.30. The van der Waals surface area contributed by atoms with E-state index in [1.54, 1.807) is 24.3 Å². The number of esters is 1. The number of ether oxygens (including phenoxy) is 1. The second-order valence-electron chi connectivity index (χ2n) is 3.15. The molecule has 0 bridgehead atoms. The number of carbonyl (C=O) groups is 2. The molecule has 0 spiro atoms. The molecule has 0 saturated carbocycles. The molecule has 0 saturated heterocycles. The maximum atomic E-state index is 11.8. The van der Waals surface area contributed by atoms with Crippen molar-refractivity contribution in [3.05, 3.63) is 47.5 Å². The summed E-state index contributed by atoms with van der Waals surface area (Å²) < 4.78 is 4.81. The normalized spacial score (nSPS) is 11.6. The summed E-state index contributed by atoms with van der Waals surface area (Å²) in [5, 5.41) is 0.548. The minimum Gasteiger partial charge on any atom is -0.451 e. The Balaban J connectivity index is 2.74. The fraction of sp³-hybridized carbons (Fsp3) is 0.167. The summed E-state index contributed by atoms with van der Waals surface area (Å²) in [6.45, 7) is 4.77. The zero-order valence-electron chi connectivity index (χ0n) is 8.77. The number of rotatable bonds is 4. The van der Waals surface area contributed by atoms with E-state index in [-0.39, 0.29) is 5.78 Å². The van der Waals surface area contributed by atoms with E-state index in [1.807, 2.05) is 0 Å². The van der Waals surface area contributed by atoms with Crippen LogP contribution in [0.25, 0.3) is 0 Å². The predicted molar refractivity (Wildman–Crippen MR) is 61.5 cm³/mol. The van der Waals surface area contributed by atoms with Crippen LogP contribution in [0.5, 0.6) is 0 Å². The fourth-order valence-electron chi connectivity index (χ4n) is 1.12. The van der Waals surface area contributed by atoms with Crippen LogP contribution >= 0.6 is 11.6 Å². The number of hydrogen-bond acceptors (Lipinski definition) is 3. The van der Waals surface area contributed by atoms with Gasteiger partial charge in [0.25, 0.3) is 0 Å². The Morgan fingerprint density at radius 1 is 1.38 bits per heavy atom. The Kier molecular flexibility index (Phi) is 4.26. The van der Waals surface area contributed by atoms with Gasteiger partial charge in [0.2, 0.25) is 5.78 Å². The van der Waals surface area contributed by atoms with E-state index in [0.717, 1.165) is 6.08 Å². The lowest BCUT2D eigenvalue weighted by atomic mass is 10.1. The van der Waals surface area contributed by atoms with Crippen molar-refractivity contribution in [3.8, 4) is 0 Å². The summed E-state index contributed by atoms with van der Waals surface area (Å²) in [6.07, 6.45) is 0.192. The van der Waals surface area contributed by atoms with Crippen LogP contribution in [-0.4, -0.2) is 17.9 Å². The number of hydrogen-bond donors (Lipinski definition) is 0. The summed E-state index contributed by atoms with van der Waals surface area (Å²) in [7, 11) is 0. The zero-order valence-corrected chi connectivity index (χ0v) is 9.53. The van der Waals surface area contributed by atoms with Gasteiger partial charge in [-0.05, 0) is 31.2 Å². The molecular formula is C12H11ClO3. The molecule has 1 atom stereocenters. The maximum absolute atomic E-state index is 11.8. The van der Waals surface area contributed by atoms with Gasteiger partial charge in [0, 0.05) is 16.7 Å². The van der Waals surface area contributed by atoms with E-state index < -0.39 is 12.1 Å². The van der Waals surface area contributed by atoms with Crippen LogP contribution < -0.4 is 0 Å². The highest BCUT2D eigenvalue weighted by atomic mass is 35.5. The SMILES string of the molecule is C=CC(=O)OC(C)C(=O)c1ccc(Cl)cc1. The number of carbonyl (C=O) groups excluding carboxylic acids is 2. The molecule has 0 aromatic heterocycles. The van der Waals surface area contributed by atoms with Crippen molar-refractivity contribution in [2.45, 2.75) is 13.0 Å². The molecule has 4 heteroatoms. The molecular weight excluding hydrogens is 228 g/mol. The average Bonchev–Trinajstić information content (AvgIpc) is 2.28. The summed E-state index contributed by atoms with van der Waals surface area (Å²) in [5.41, 5.74) is 0.453. The highest BCUT2D eigenvalue weighted by Crippen LogP contribution is 2.12. The van der Waals surface area contributed by atoms with E-state index in [4.69, 9.17) is 16.3 Å². The third-order valence-corrected chi connectivity index (χ3v) is 2.21. The van der Waals surface area contributed by atoms with Crippen molar-refractivity contribution < 1.29 is 14.3 Å².